The smallest absolute Gasteiger partial charge is 0.306 e. The Kier molecular flexibility index (Phi) is 58.7. The Morgan fingerprint density at radius 1 is 0.288 bits per heavy atom. The predicted molar refractivity (Wildman–Crippen MR) is 316 cm³/mol. The van der Waals surface area contributed by atoms with Crippen molar-refractivity contribution in [1.29, 1.82) is 0 Å². The molecule has 6 heteroatoms. The molecule has 0 aliphatic carbocycles. The van der Waals surface area contributed by atoms with E-state index < -0.39 is 6.10 Å². The third-order valence-electron chi connectivity index (χ3n) is 13.7. The summed E-state index contributed by atoms with van der Waals surface area (Å²) in [5, 5.41) is 0. The summed E-state index contributed by atoms with van der Waals surface area (Å²) in [5.74, 6) is -0.989. The van der Waals surface area contributed by atoms with E-state index in [2.05, 4.69) is 87.6 Å². The number of hydrogen-bond donors (Lipinski definition) is 0. The maximum absolute atomic E-state index is 12.8. The summed E-state index contributed by atoms with van der Waals surface area (Å²) in [6, 6.07) is 0. The van der Waals surface area contributed by atoms with E-state index in [1.54, 1.807) is 0 Å². The average Bonchev–Trinajstić information content (AvgIpc) is 3.39. The van der Waals surface area contributed by atoms with Crippen LogP contribution in [0.25, 0.3) is 0 Å². The molecule has 0 heterocycles. The van der Waals surface area contributed by atoms with Crippen LogP contribution in [0.1, 0.15) is 316 Å². The lowest BCUT2D eigenvalue weighted by molar-refractivity contribution is -0.166. The monoisotopic (exact) mass is 1020 g/mol. The maximum atomic E-state index is 12.8. The van der Waals surface area contributed by atoms with Gasteiger partial charge in [-0.25, -0.2) is 0 Å². The van der Waals surface area contributed by atoms with Gasteiger partial charge in [-0.05, 0) is 70.6 Å². The summed E-state index contributed by atoms with van der Waals surface area (Å²) < 4.78 is 16.8. The second-order valence-corrected chi connectivity index (χ2v) is 20.9. The molecular weight excluding hydrogens is 901 g/mol. The Bertz CT molecular complexity index is 1360. The highest BCUT2D eigenvalue weighted by molar-refractivity contribution is 5.71. The fourth-order valence-corrected chi connectivity index (χ4v) is 9.01. The van der Waals surface area contributed by atoms with Gasteiger partial charge in [0.1, 0.15) is 13.2 Å². The average molecular weight is 1020 g/mol. The van der Waals surface area contributed by atoms with Crippen molar-refractivity contribution in [3.63, 3.8) is 0 Å². The molecule has 0 radical (unpaired) electrons. The van der Waals surface area contributed by atoms with Gasteiger partial charge in [-0.3, -0.25) is 14.4 Å². The molecule has 0 aromatic carbocycles. The minimum atomic E-state index is -0.810. The number of carbonyl (C=O) groups is 3. The zero-order valence-corrected chi connectivity index (χ0v) is 48.4. The van der Waals surface area contributed by atoms with E-state index in [1.807, 2.05) is 6.08 Å². The second-order valence-electron chi connectivity index (χ2n) is 20.9. The van der Waals surface area contributed by atoms with Gasteiger partial charge in [0.05, 0.1) is 0 Å². The summed E-state index contributed by atoms with van der Waals surface area (Å²) in [4.78, 5) is 38.1. The number of carbonyl (C=O) groups excluding carboxylic acids is 3. The summed E-state index contributed by atoms with van der Waals surface area (Å²) in [7, 11) is 0. The highest BCUT2D eigenvalue weighted by Crippen LogP contribution is 2.17. The molecule has 0 aliphatic heterocycles. The zero-order valence-electron chi connectivity index (χ0n) is 48.4. The van der Waals surface area contributed by atoms with Gasteiger partial charge in [0.2, 0.25) is 0 Å². The minimum Gasteiger partial charge on any atom is -0.462 e. The van der Waals surface area contributed by atoms with Crippen LogP contribution in [-0.2, 0) is 28.6 Å². The lowest BCUT2D eigenvalue weighted by Crippen LogP contribution is -2.30. The van der Waals surface area contributed by atoms with Gasteiger partial charge in [-0.2, -0.15) is 0 Å². The number of esters is 3. The number of hydrogen-bond acceptors (Lipinski definition) is 6. The van der Waals surface area contributed by atoms with Gasteiger partial charge in [0, 0.05) is 19.3 Å². The second kappa shape index (κ2) is 61.4. The van der Waals surface area contributed by atoms with Crippen LogP contribution in [0, 0.1) is 0 Å². The van der Waals surface area contributed by atoms with Gasteiger partial charge in [-0.1, -0.05) is 299 Å². The molecule has 6 nitrogen and oxygen atoms in total. The molecule has 0 N–H and O–H groups in total. The Morgan fingerprint density at radius 2 is 0.575 bits per heavy atom. The number of ether oxygens (including phenoxy) is 3. The molecule has 0 aliphatic rings. The lowest BCUT2D eigenvalue weighted by Gasteiger charge is -2.18. The quantitative estimate of drug-likeness (QED) is 0.0261. The SMILES string of the molecule is CC/C=C\C/C=C\C/C=C\C/C=C\CCC(=O)OCC(COC(=O)CCCCCCCCCCCCCCCCCCCCCCCCCCCCCC)OC(=O)CCCCCCC/C=C\C/C=C\CCCC. The van der Waals surface area contributed by atoms with Crippen LogP contribution < -0.4 is 0 Å². The Balaban J connectivity index is 4.21. The first-order chi connectivity index (χ1) is 36.0. The third-order valence-corrected chi connectivity index (χ3v) is 13.7. The molecule has 0 bridgehead atoms. The van der Waals surface area contributed by atoms with E-state index in [-0.39, 0.29) is 37.5 Å². The van der Waals surface area contributed by atoms with Crippen molar-refractivity contribution in [2.45, 2.75) is 322 Å². The molecule has 1 unspecified atom stereocenters. The van der Waals surface area contributed by atoms with Crippen LogP contribution in [0.3, 0.4) is 0 Å². The standard InChI is InChI=1S/C67H118O6/c1-4-7-10-13-16-19-22-25-27-28-29-30-31-32-33-34-35-36-37-38-39-40-43-45-48-51-54-57-60-66(69)72-63-64(62-71-65(68)59-56-53-50-47-44-41-24-21-18-15-12-9-6-3)73-67(70)61-58-55-52-49-46-42-26-23-20-17-14-11-8-5-2/h9,12,14,17-18,21,23,26,41,44,50,53,64H,4-8,10-11,13,15-16,19-20,22,24-25,27-40,42-43,45-49,51-52,54-63H2,1-3H3/b12-9-,17-14-,21-18-,26-23-,44-41-,53-50-. The number of unbranched alkanes of at least 4 members (excludes halogenated alkanes) is 34. The fourth-order valence-electron chi connectivity index (χ4n) is 9.01. The van der Waals surface area contributed by atoms with Gasteiger partial charge in [0.25, 0.3) is 0 Å². The van der Waals surface area contributed by atoms with Crippen molar-refractivity contribution >= 4 is 17.9 Å². The van der Waals surface area contributed by atoms with Crippen molar-refractivity contribution in [2.75, 3.05) is 13.2 Å². The molecule has 0 saturated heterocycles. The molecule has 0 amide bonds. The van der Waals surface area contributed by atoms with E-state index in [9.17, 15) is 14.4 Å². The van der Waals surface area contributed by atoms with Gasteiger partial charge in [-0.15, -0.1) is 0 Å². The first-order valence-electron chi connectivity index (χ1n) is 31.4. The van der Waals surface area contributed by atoms with Crippen LogP contribution in [0.5, 0.6) is 0 Å². The maximum Gasteiger partial charge on any atom is 0.306 e. The van der Waals surface area contributed by atoms with Gasteiger partial charge >= 0.3 is 17.9 Å². The summed E-state index contributed by atoms with van der Waals surface area (Å²) in [6.45, 7) is 6.44. The molecular formula is C67H118O6. The fraction of sp³-hybridized carbons (Fsp3) is 0.776. The van der Waals surface area contributed by atoms with Crippen LogP contribution in [0.2, 0.25) is 0 Å². The summed E-state index contributed by atoms with van der Waals surface area (Å²) in [6.07, 6.45) is 79.5. The molecule has 73 heavy (non-hydrogen) atoms. The molecule has 0 rings (SSSR count). The number of rotatable bonds is 57. The Morgan fingerprint density at radius 3 is 0.959 bits per heavy atom. The van der Waals surface area contributed by atoms with Crippen LogP contribution in [-0.4, -0.2) is 37.2 Å². The van der Waals surface area contributed by atoms with Crippen molar-refractivity contribution in [3.8, 4) is 0 Å². The molecule has 1 atom stereocenters. The van der Waals surface area contributed by atoms with E-state index >= 15 is 0 Å². The Labute approximate surface area is 453 Å². The van der Waals surface area contributed by atoms with Crippen molar-refractivity contribution < 1.29 is 28.6 Å². The van der Waals surface area contributed by atoms with Crippen LogP contribution in [0.4, 0.5) is 0 Å². The molecule has 0 aromatic rings. The molecule has 0 saturated carbocycles. The lowest BCUT2D eigenvalue weighted by atomic mass is 10.0. The zero-order chi connectivity index (χ0) is 52.9. The van der Waals surface area contributed by atoms with Crippen molar-refractivity contribution in [3.05, 3.63) is 72.9 Å². The largest absolute Gasteiger partial charge is 0.462 e. The van der Waals surface area contributed by atoms with E-state index in [0.717, 1.165) is 89.9 Å². The van der Waals surface area contributed by atoms with E-state index in [0.29, 0.717) is 19.3 Å². The predicted octanol–water partition coefficient (Wildman–Crippen LogP) is 21.3. The van der Waals surface area contributed by atoms with E-state index in [4.69, 9.17) is 14.2 Å². The third kappa shape index (κ3) is 59.6. The van der Waals surface area contributed by atoms with Crippen LogP contribution >= 0.6 is 0 Å². The first-order valence-corrected chi connectivity index (χ1v) is 31.4. The Hall–Kier alpha value is -3.15. The summed E-state index contributed by atoms with van der Waals surface area (Å²) in [5.41, 5.74) is 0. The minimum absolute atomic E-state index is 0.101. The summed E-state index contributed by atoms with van der Waals surface area (Å²) >= 11 is 0. The molecule has 0 spiro atoms. The highest BCUT2D eigenvalue weighted by Gasteiger charge is 2.19. The first kappa shape index (κ1) is 69.8. The molecule has 0 aromatic heterocycles. The van der Waals surface area contributed by atoms with Gasteiger partial charge in [0.15, 0.2) is 6.10 Å². The van der Waals surface area contributed by atoms with Crippen molar-refractivity contribution in [1.82, 2.24) is 0 Å². The normalized spacial score (nSPS) is 12.5. The molecule has 422 valence electrons. The van der Waals surface area contributed by atoms with E-state index in [1.165, 1.54) is 180 Å². The molecule has 0 fully saturated rings. The topological polar surface area (TPSA) is 78.9 Å². The number of allylic oxidation sites excluding steroid dienone is 12. The van der Waals surface area contributed by atoms with Gasteiger partial charge < -0.3 is 14.2 Å². The highest BCUT2D eigenvalue weighted by atomic mass is 16.6. The van der Waals surface area contributed by atoms with Crippen LogP contribution in [0.15, 0.2) is 72.9 Å². The van der Waals surface area contributed by atoms with Crippen molar-refractivity contribution in [2.24, 2.45) is 0 Å².